The summed E-state index contributed by atoms with van der Waals surface area (Å²) in [5.41, 5.74) is 0.367. The highest BCUT2D eigenvalue weighted by Crippen LogP contribution is 2.09. The van der Waals surface area contributed by atoms with Crippen molar-refractivity contribution in [2.45, 2.75) is 0 Å². The van der Waals surface area contributed by atoms with Crippen LogP contribution in [0.4, 0.5) is 10.5 Å². The number of nitrogens with two attached hydrogens (primary N) is 1. The Hall–Kier alpha value is -1.73. The number of amides is 2. The summed E-state index contributed by atoms with van der Waals surface area (Å²) in [6.07, 6.45) is 0. The third kappa shape index (κ3) is 2.64. The third-order valence-electron chi connectivity index (χ3n) is 1.39. The summed E-state index contributed by atoms with van der Waals surface area (Å²) in [4.78, 5) is 11.0. The maximum Gasteiger partial charge on any atom is 0.377 e. The lowest BCUT2D eigenvalue weighted by Gasteiger charge is -2.11. The van der Waals surface area contributed by atoms with Gasteiger partial charge in [0, 0.05) is 0 Å². The van der Waals surface area contributed by atoms with E-state index < -0.39 is 16.5 Å². The van der Waals surface area contributed by atoms with Crippen LogP contribution in [0.5, 0.6) is 0 Å². The highest BCUT2D eigenvalue weighted by atomic mass is 32.2. The smallest absolute Gasteiger partial charge is 0.243 e. The number of carbonyl (C=O) groups is 1. The number of rotatable bonds is 1. The van der Waals surface area contributed by atoms with Crippen molar-refractivity contribution in [2.75, 3.05) is 5.01 Å². The molecule has 2 amide bonds. The minimum absolute atomic E-state index is 0.367. The van der Waals surface area contributed by atoms with Crippen LogP contribution in [0.2, 0.25) is 0 Å². The van der Waals surface area contributed by atoms with Crippen molar-refractivity contribution in [1.29, 1.82) is 0 Å². The number of urea groups is 1. The van der Waals surface area contributed by atoms with Crippen LogP contribution < -0.4 is 10.9 Å². The van der Waals surface area contributed by atoms with Crippen molar-refractivity contribution in [3.63, 3.8) is 0 Å². The number of hydrogen-bond acceptors (Lipinski definition) is 4. The highest BCUT2D eigenvalue weighted by Gasteiger charge is 2.09. The fourth-order valence-electron chi connectivity index (χ4n) is 0.807. The van der Waals surface area contributed by atoms with Gasteiger partial charge in [-0.2, -0.15) is 8.42 Å². The third-order valence-corrected chi connectivity index (χ3v) is 1.70. The second-order valence-corrected chi connectivity index (χ2v) is 2.91. The average molecular weight is 213 g/mol. The molecule has 0 radical (unpaired) electrons. The summed E-state index contributed by atoms with van der Waals surface area (Å²) in [5, 5.41) is 0.649. The van der Waals surface area contributed by atoms with E-state index in [1.807, 2.05) is 0 Å². The fourth-order valence-corrected chi connectivity index (χ4v) is 1.02. The van der Waals surface area contributed by atoms with Gasteiger partial charge in [-0.15, -0.1) is 0 Å². The normalized spacial score (nSPS) is 9.21. The van der Waals surface area contributed by atoms with Crippen molar-refractivity contribution >= 4 is 22.2 Å². The molecule has 1 rings (SSSR count). The van der Waals surface area contributed by atoms with E-state index in [9.17, 15) is 13.2 Å². The molecule has 0 atom stereocenters. The minimum Gasteiger partial charge on any atom is -0.243 e. The van der Waals surface area contributed by atoms with E-state index in [1.165, 1.54) is 0 Å². The minimum atomic E-state index is -2.79. The van der Waals surface area contributed by atoms with Crippen LogP contribution in [0.25, 0.3) is 0 Å². The first-order valence-corrected chi connectivity index (χ1v) is 4.59. The molecule has 0 bridgehead atoms. The van der Waals surface area contributed by atoms with Gasteiger partial charge >= 0.3 is 16.5 Å². The molecule has 0 saturated carbocycles. The second-order valence-electron chi connectivity index (χ2n) is 2.30. The van der Waals surface area contributed by atoms with Crippen LogP contribution in [-0.2, 0) is 10.5 Å². The van der Waals surface area contributed by atoms with Crippen LogP contribution >= 0.6 is 0 Å². The molecule has 1 aromatic carbocycles. The largest absolute Gasteiger partial charge is 0.377 e. The molecular weight excluding hydrogens is 206 g/mol. The van der Waals surface area contributed by atoms with Gasteiger partial charge in [0.1, 0.15) is 0 Å². The van der Waals surface area contributed by atoms with Gasteiger partial charge in [0.05, 0.1) is 5.69 Å². The van der Waals surface area contributed by atoms with E-state index in [0.717, 1.165) is 0 Å². The maximum atomic E-state index is 11.0. The lowest BCUT2D eigenvalue weighted by Crippen LogP contribution is -2.34. The van der Waals surface area contributed by atoms with E-state index in [-0.39, 0.29) is 0 Å². The van der Waals surface area contributed by atoms with Gasteiger partial charge in [0.25, 0.3) is 0 Å². The number of nitrogens with zero attached hydrogens (tertiary/aromatic N) is 2. The first kappa shape index (κ1) is 10.4. The number of anilines is 1. The molecule has 2 N–H and O–H groups in total. The van der Waals surface area contributed by atoms with E-state index in [0.29, 0.717) is 10.7 Å². The van der Waals surface area contributed by atoms with Crippen LogP contribution in [0.15, 0.2) is 34.7 Å². The standard InChI is InChI=1S/C7H7N3O3S/c8-10(7(11)9-14(12)13)6-4-2-1-3-5-6/h1-5H,8H2. The number of para-hydroxylation sites is 1. The fraction of sp³-hybridized carbons (Fsp3) is 0. The summed E-state index contributed by atoms with van der Waals surface area (Å²) in [7, 11) is -2.79. The summed E-state index contributed by atoms with van der Waals surface area (Å²) in [6, 6.07) is 7.14. The second kappa shape index (κ2) is 4.49. The van der Waals surface area contributed by atoms with Gasteiger partial charge in [0.2, 0.25) is 0 Å². The first-order valence-electron chi connectivity index (χ1n) is 3.56. The molecule has 14 heavy (non-hydrogen) atoms. The molecule has 0 unspecified atom stereocenters. The van der Waals surface area contributed by atoms with E-state index in [1.54, 1.807) is 30.3 Å². The predicted octanol–water partition coefficient (Wildman–Crippen LogP) is 0.549. The Morgan fingerprint density at radius 1 is 1.29 bits per heavy atom. The number of hydrogen-bond donors (Lipinski definition) is 1. The molecule has 0 fully saturated rings. The number of benzene rings is 1. The molecular formula is C7H7N3O3S. The van der Waals surface area contributed by atoms with Crippen LogP contribution in [0, 0.1) is 0 Å². The monoisotopic (exact) mass is 213 g/mol. The van der Waals surface area contributed by atoms with Crippen LogP contribution in [0.3, 0.4) is 0 Å². The van der Waals surface area contributed by atoms with E-state index >= 15 is 0 Å². The Kier molecular flexibility index (Phi) is 3.32. The van der Waals surface area contributed by atoms with Gasteiger partial charge in [0.15, 0.2) is 0 Å². The molecule has 0 aliphatic carbocycles. The Balaban J connectivity index is 2.92. The first-order chi connectivity index (χ1) is 6.61. The van der Waals surface area contributed by atoms with Crippen molar-refractivity contribution in [3.05, 3.63) is 30.3 Å². The maximum absolute atomic E-state index is 11.0. The topological polar surface area (TPSA) is 92.8 Å². The van der Waals surface area contributed by atoms with Crippen molar-refractivity contribution in [1.82, 2.24) is 0 Å². The Morgan fingerprint density at radius 3 is 2.36 bits per heavy atom. The van der Waals surface area contributed by atoms with E-state index in [4.69, 9.17) is 5.84 Å². The predicted molar refractivity (Wildman–Crippen MR) is 49.9 cm³/mol. The van der Waals surface area contributed by atoms with Gasteiger partial charge in [-0.05, 0) is 12.1 Å². The zero-order valence-corrected chi connectivity index (χ0v) is 7.81. The molecule has 0 aromatic heterocycles. The Morgan fingerprint density at radius 2 is 1.86 bits per heavy atom. The molecule has 6 nitrogen and oxygen atoms in total. The van der Waals surface area contributed by atoms with Crippen molar-refractivity contribution in [2.24, 2.45) is 10.2 Å². The summed E-state index contributed by atoms with van der Waals surface area (Å²) >= 11 is 0. The molecule has 0 aliphatic heterocycles. The summed E-state index contributed by atoms with van der Waals surface area (Å²) in [5.74, 6) is 5.30. The number of carbonyl (C=O) groups excluding carboxylic acids is 1. The SMILES string of the molecule is NN(C(=O)N=S(=O)=O)c1ccccc1. The lowest BCUT2D eigenvalue weighted by atomic mass is 10.3. The molecule has 1 aromatic rings. The summed E-state index contributed by atoms with van der Waals surface area (Å²) < 4.78 is 22.9. The van der Waals surface area contributed by atoms with Gasteiger partial charge in [-0.3, -0.25) is 0 Å². The molecule has 0 heterocycles. The van der Waals surface area contributed by atoms with E-state index in [2.05, 4.69) is 4.36 Å². The van der Waals surface area contributed by atoms with Crippen molar-refractivity contribution < 1.29 is 13.2 Å². The molecule has 0 saturated heterocycles. The van der Waals surface area contributed by atoms with Crippen molar-refractivity contribution in [3.8, 4) is 0 Å². The zero-order chi connectivity index (χ0) is 10.6. The summed E-state index contributed by atoms with van der Waals surface area (Å²) in [6.45, 7) is 0. The average Bonchev–Trinajstić information content (AvgIpc) is 2.17. The van der Waals surface area contributed by atoms with Crippen LogP contribution in [0.1, 0.15) is 0 Å². The lowest BCUT2D eigenvalue weighted by molar-refractivity contribution is 0.254. The van der Waals surface area contributed by atoms with Gasteiger partial charge < -0.3 is 0 Å². The number of hydrazine groups is 1. The van der Waals surface area contributed by atoms with Gasteiger partial charge in [-0.25, -0.2) is 15.6 Å². The Labute approximate surface area is 81.6 Å². The molecule has 7 heteroatoms. The quantitative estimate of drug-likeness (QED) is 0.418. The molecule has 0 aliphatic rings. The zero-order valence-electron chi connectivity index (χ0n) is 6.99. The Bertz CT molecular complexity index is 446. The molecule has 0 spiro atoms. The molecule has 74 valence electrons. The van der Waals surface area contributed by atoms with Gasteiger partial charge in [-0.1, -0.05) is 22.6 Å². The van der Waals surface area contributed by atoms with Crippen LogP contribution in [-0.4, -0.2) is 14.4 Å². The highest BCUT2D eigenvalue weighted by molar-refractivity contribution is 7.62.